The van der Waals surface area contributed by atoms with Gasteiger partial charge in [0.25, 0.3) is 0 Å². The number of rotatable bonds is 8. The summed E-state index contributed by atoms with van der Waals surface area (Å²) in [6, 6.07) is 0. The molecule has 1 saturated carbocycles. The lowest BCUT2D eigenvalue weighted by molar-refractivity contribution is 0.0796. The zero-order valence-corrected chi connectivity index (χ0v) is 14.6. The average molecular weight is 296 g/mol. The lowest BCUT2D eigenvalue weighted by Gasteiger charge is -2.38. The molecule has 0 spiro atoms. The molecule has 1 aliphatic heterocycles. The van der Waals surface area contributed by atoms with Crippen molar-refractivity contribution in [3.63, 3.8) is 0 Å². The molecule has 2 fully saturated rings. The first-order valence-electron chi connectivity index (χ1n) is 9.53. The van der Waals surface area contributed by atoms with Crippen molar-refractivity contribution < 1.29 is 4.74 Å². The zero-order valence-electron chi connectivity index (χ0n) is 14.6. The first-order chi connectivity index (χ1) is 10.2. The Bertz CT molecular complexity index is 273. The smallest absolute Gasteiger partial charge is 0.0576 e. The van der Waals surface area contributed by atoms with Crippen molar-refractivity contribution >= 4 is 0 Å². The molecule has 1 N–H and O–H groups in total. The van der Waals surface area contributed by atoms with Gasteiger partial charge in [0.05, 0.1) is 6.10 Å². The van der Waals surface area contributed by atoms with Gasteiger partial charge >= 0.3 is 0 Å². The predicted molar refractivity (Wildman–Crippen MR) is 90.5 cm³/mol. The molecule has 0 amide bonds. The quantitative estimate of drug-likeness (QED) is 0.659. The minimum absolute atomic E-state index is 0.577. The third-order valence-electron chi connectivity index (χ3n) is 5.84. The van der Waals surface area contributed by atoms with E-state index in [0.29, 0.717) is 6.10 Å². The van der Waals surface area contributed by atoms with Gasteiger partial charge in [-0.05, 0) is 88.1 Å². The zero-order chi connectivity index (χ0) is 15.1. The van der Waals surface area contributed by atoms with Crippen LogP contribution in [0.15, 0.2) is 0 Å². The summed E-state index contributed by atoms with van der Waals surface area (Å²) in [6.07, 6.45) is 11.5. The molecule has 21 heavy (non-hydrogen) atoms. The van der Waals surface area contributed by atoms with E-state index in [1.165, 1.54) is 64.5 Å². The van der Waals surface area contributed by atoms with Crippen LogP contribution in [0.3, 0.4) is 0 Å². The first kappa shape index (κ1) is 17.3. The number of hydrogen-bond acceptors (Lipinski definition) is 2. The van der Waals surface area contributed by atoms with E-state index in [4.69, 9.17) is 4.74 Å². The Morgan fingerprint density at radius 3 is 2.62 bits per heavy atom. The fraction of sp³-hybridized carbons (Fsp3) is 1.00. The van der Waals surface area contributed by atoms with Gasteiger partial charge < -0.3 is 10.1 Å². The van der Waals surface area contributed by atoms with E-state index in [0.717, 1.165) is 30.3 Å². The Balaban J connectivity index is 1.81. The summed E-state index contributed by atoms with van der Waals surface area (Å²) in [5, 5.41) is 3.68. The molecule has 0 aromatic carbocycles. The molecule has 0 aromatic rings. The van der Waals surface area contributed by atoms with E-state index < -0.39 is 0 Å². The molecule has 0 radical (unpaired) electrons. The van der Waals surface area contributed by atoms with Crippen LogP contribution in [0.1, 0.15) is 72.1 Å². The lowest BCUT2D eigenvalue weighted by Crippen LogP contribution is -2.35. The van der Waals surface area contributed by atoms with Crippen LogP contribution in [-0.4, -0.2) is 25.8 Å². The topological polar surface area (TPSA) is 21.3 Å². The van der Waals surface area contributed by atoms with E-state index >= 15 is 0 Å². The largest absolute Gasteiger partial charge is 0.378 e. The van der Waals surface area contributed by atoms with Gasteiger partial charge in [0, 0.05) is 6.61 Å². The van der Waals surface area contributed by atoms with Crippen LogP contribution in [-0.2, 0) is 4.74 Å². The van der Waals surface area contributed by atoms with Gasteiger partial charge in [-0.3, -0.25) is 0 Å². The van der Waals surface area contributed by atoms with E-state index in [2.05, 4.69) is 26.1 Å². The Morgan fingerprint density at radius 1 is 1.10 bits per heavy atom. The van der Waals surface area contributed by atoms with Crippen molar-refractivity contribution in [1.82, 2.24) is 5.32 Å². The molecule has 124 valence electrons. The third kappa shape index (κ3) is 5.56. The van der Waals surface area contributed by atoms with Crippen molar-refractivity contribution in [2.24, 2.45) is 23.7 Å². The molecule has 4 atom stereocenters. The highest BCUT2D eigenvalue weighted by molar-refractivity contribution is 4.83. The molecule has 0 bridgehead atoms. The molecule has 2 nitrogen and oxygen atoms in total. The molecule has 2 heteroatoms. The van der Waals surface area contributed by atoms with Gasteiger partial charge in [-0.25, -0.2) is 0 Å². The maximum Gasteiger partial charge on any atom is 0.0576 e. The van der Waals surface area contributed by atoms with Crippen molar-refractivity contribution in [2.75, 3.05) is 19.7 Å². The van der Waals surface area contributed by atoms with Crippen LogP contribution < -0.4 is 5.32 Å². The fourth-order valence-electron chi connectivity index (χ4n) is 4.33. The molecule has 2 aliphatic rings. The van der Waals surface area contributed by atoms with E-state index in [9.17, 15) is 0 Å². The Morgan fingerprint density at radius 2 is 1.95 bits per heavy atom. The average Bonchev–Trinajstić information content (AvgIpc) is 2.99. The lowest BCUT2D eigenvalue weighted by atomic mass is 9.69. The highest BCUT2D eigenvalue weighted by Gasteiger charge is 2.32. The van der Waals surface area contributed by atoms with Crippen molar-refractivity contribution in [3.8, 4) is 0 Å². The van der Waals surface area contributed by atoms with E-state index in [1.54, 1.807) is 0 Å². The summed E-state index contributed by atoms with van der Waals surface area (Å²) in [6.45, 7) is 10.5. The third-order valence-corrected chi connectivity index (χ3v) is 5.84. The summed E-state index contributed by atoms with van der Waals surface area (Å²) in [5.74, 6) is 3.66. The maximum absolute atomic E-state index is 5.84. The maximum atomic E-state index is 5.84. The predicted octanol–water partition coefficient (Wildman–Crippen LogP) is 4.63. The van der Waals surface area contributed by atoms with Crippen LogP contribution in [0.2, 0.25) is 0 Å². The molecule has 2 rings (SSSR count). The molecule has 4 unspecified atom stereocenters. The standard InChI is InChI=1S/C19H37NO/c1-4-11-20-14-18-8-7-16(15(2)3)13-17(18)9-10-19-6-5-12-21-19/h15-20H,4-14H2,1-3H3. The number of hydrogen-bond donors (Lipinski definition) is 1. The summed E-state index contributed by atoms with van der Waals surface area (Å²) in [7, 11) is 0. The molecule has 0 aromatic heterocycles. The van der Waals surface area contributed by atoms with Crippen LogP contribution in [0.4, 0.5) is 0 Å². The Hall–Kier alpha value is -0.0800. The Kier molecular flexibility index (Phi) is 7.53. The van der Waals surface area contributed by atoms with Crippen LogP contribution >= 0.6 is 0 Å². The number of ether oxygens (including phenoxy) is 1. The van der Waals surface area contributed by atoms with Crippen molar-refractivity contribution in [2.45, 2.75) is 78.2 Å². The van der Waals surface area contributed by atoms with Gasteiger partial charge in [0.15, 0.2) is 0 Å². The second-order valence-corrected chi connectivity index (χ2v) is 7.75. The summed E-state index contributed by atoms with van der Waals surface area (Å²) >= 11 is 0. The normalized spacial score (nSPS) is 33.7. The van der Waals surface area contributed by atoms with Gasteiger partial charge in [0.1, 0.15) is 0 Å². The van der Waals surface area contributed by atoms with Crippen LogP contribution in [0.5, 0.6) is 0 Å². The Labute approximate surface area is 132 Å². The molecular weight excluding hydrogens is 258 g/mol. The van der Waals surface area contributed by atoms with Crippen LogP contribution in [0, 0.1) is 23.7 Å². The minimum Gasteiger partial charge on any atom is -0.378 e. The van der Waals surface area contributed by atoms with Gasteiger partial charge in [-0.15, -0.1) is 0 Å². The second kappa shape index (κ2) is 9.15. The summed E-state index contributed by atoms with van der Waals surface area (Å²) in [5.41, 5.74) is 0. The summed E-state index contributed by atoms with van der Waals surface area (Å²) < 4.78 is 5.84. The first-order valence-corrected chi connectivity index (χ1v) is 9.53. The molecule has 1 heterocycles. The second-order valence-electron chi connectivity index (χ2n) is 7.75. The fourth-order valence-corrected chi connectivity index (χ4v) is 4.33. The monoisotopic (exact) mass is 295 g/mol. The highest BCUT2D eigenvalue weighted by atomic mass is 16.5. The molecule has 1 saturated heterocycles. The van der Waals surface area contributed by atoms with Gasteiger partial charge in [-0.2, -0.15) is 0 Å². The SMILES string of the molecule is CCCNCC1CCC(C(C)C)CC1CCC1CCCO1. The van der Waals surface area contributed by atoms with Gasteiger partial charge in [0.2, 0.25) is 0 Å². The van der Waals surface area contributed by atoms with Crippen molar-refractivity contribution in [1.29, 1.82) is 0 Å². The van der Waals surface area contributed by atoms with E-state index in [-0.39, 0.29) is 0 Å². The molecule has 1 aliphatic carbocycles. The highest BCUT2D eigenvalue weighted by Crippen LogP contribution is 2.40. The van der Waals surface area contributed by atoms with Gasteiger partial charge in [-0.1, -0.05) is 20.8 Å². The van der Waals surface area contributed by atoms with Crippen molar-refractivity contribution in [3.05, 3.63) is 0 Å². The summed E-state index contributed by atoms with van der Waals surface area (Å²) in [4.78, 5) is 0. The van der Waals surface area contributed by atoms with E-state index in [1.807, 2.05) is 0 Å². The number of nitrogens with one attached hydrogen (secondary N) is 1. The minimum atomic E-state index is 0.577. The van der Waals surface area contributed by atoms with Crippen LogP contribution in [0.25, 0.3) is 0 Å². The molecular formula is C19H37NO.